The van der Waals surface area contributed by atoms with E-state index >= 15 is 0 Å². The van der Waals surface area contributed by atoms with E-state index in [4.69, 9.17) is 0 Å². The van der Waals surface area contributed by atoms with E-state index < -0.39 is 0 Å². The van der Waals surface area contributed by atoms with Crippen LogP contribution in [0.4, 0.5) is 0 Å². The van der Waals surface area contributed by atoms with Crippen molar-refractivity contribution in [2.75, 3.05) is 0 Å². The molecule has 0 aliphatic heterocycles. The van der Waals surface area contributed by atoms with Gasteiger partial charge in [-0.15, -0.1) is 6.58 Å². The molecule has 0 fully saturated rings. The maximum atomic E-state index is 3.58. The molecule has 0 saturated carbocycles. The van der Waals surface area contributed by atoms with Crippen LogP contribution in [0.15, 0.2) is 37.0 Å². The molecule has 1 aromatic rings. The number of hydrogen-bond acceptors (Lipinski definition) is 0. The van der Waals surface area contributed by atoms with Crippen LogP contribution in [-0.4, -0.2) is 4.98 Å². The van der Waals surface area contributed by atoms with Crippen LogP contribution in [0.25, 0.3) is 0 Å². The minimum atomic E-state index is 0. The predicted molar refractivity (Wildman–Crippen MR) is 97.1 cm³/mol. The Morgan fingerprint density at radius 3 is 1.68 bits per heavy atom. The van der Waals surface area contributed by atoms with Gasteiger partial charge in [-0.25, -0.2) is 0 Å². The SMILES string of the molecule is C=CCC=CC=CC.CCc1[nH]c(CC)c(CC)c1CC.[Ru]. The van der Waals surface area contributed by atoms with Gasteiger partial charge in [0.1, 0.15) is 0 Å². The largest absolute Gasteiger partial charge is 0.362 e. The number of rotatable bonds is 7. The maximum absolute atomic E-state index is 3.58. The summed E-state index contributed by atoms with van der Waals surface area (Å²) in [5.41, 5.74) is 6.05. The van der Waals surface area contributed by atoms with Crippen molar-refractivity contribution in [3.05, 3.63) is 59.5 Å². The summed E-state index contributed by atoms with van der Waals surface area (Å²) in [5.74, 6) is 0. The molecule has 126 valence electrons. The van der Waals surface area contributed by atoms with Crippen LogP contribution in [0.5, 0.6) is 0 Å². The van der Waals surface area contributed by atoms with E-state index in [0.29, 0.717) is 0 Å². The van der Waals surface area contributed by atoms with E-state index in [-0.39, 0.29) is 19.5 Å². The van der Waals surface area contributed by atoms with Gasteiger partial charge in [0, 0.05) is 30.9 Å². The van der Waals surface area contributed by atoms with Gasteiger partial charge in [0.2, 0.25) is 0 Å². The molecule has 0 unspecified atom stereocenters. The van der Waals surface area contributed by atoms with Crippen molar-refractivity contribution < 1.29 is 19.5 Å². The Morgan fingerprint density at radius 2 is 1.36 bits per heavy atom. The molecule has 0 aromatic carbocycles. The fraction of sp³-hybridized carbons (Fsp3) is 0.500. The van der Waals surface area contributed by atoms with Gasteiger partial charge in [0.25, 0.3) is 0 Å². The fourth-order valence-electron chi connectivity index (χ4n) is 2.52. The summed E-state index contributed by atoms with van der Waals surface area (Å²) in [4.78, 5) is 3.55. The fourth-order valence-corrected chi connectivity index (χ4v) is 2.52. The predicted octanol–water partition coefficient (Wildman–Crippen LogP) is 5.96. The van der Waals surface area contributed by atoms with Crippen molar-refractivity contribution in [1.29, 1.82) is 0 Å². The van der Waals surface area contributed by atoms with E-state index in [1.54, 1.807) is 11.1 Å². The normalized spacial score (nSPS) is 10.4. The van der Waals surface area contributed by atoms with Gasteiger partial charge in [-0.1, -0.05) is 58.1 Å². The van der Waals surface area contributed by atoms with Crippen molar-refractivity contribution in [2.45, 2.75) is 66.7 Å². The molecule has 0 bridgehead atoms. The number of nitrogens with one attached hydrogen (secondary N) is 1. The third-order valence-corrected chi connectivity index (χ3v) is 3.55. The average Bonchev–Trinajstić information content (AvgIpc) is 2.89. The Kier molecular flexibility index (Phi) is 16.0. The second-order valence-corrected chi connectivity index (χ2v) is 4.93. The molecule has 0 radical (unpaired) electrons. The van der Waals surface area contributed by atoms with E-state index in [9.17, 15) is 0 Å². The minimum absolute atomic E-state index is 0. The Balaban J connectivity index is 0. The van der Waals surface area contributed by atoms with Crippen molar-refractivity contribution in [3.8, 4) is 0 Å². The molecule has 1 aromatic heterocycles. The van der Waals surface area contributed by atoms with Crippen LogP contribution in [-0.2, 0) is 45.2 Å². The molecule has 0 amide bonds. The maximum Gasteiger partial charge on any atom is 0.0181 e. The second-order valence-electron chi connectivity index (χ2n) is 4.93. The van der Waals surface area contributed by atoms with Gasteiger partial charge in [0.15, 0.2) is 0 Å². The van der Waals surface area contributed by atoms with E-state index in [1.807, 2.05) is 31.2 Å². The molecule has 0 saturated heterocycles. The van der Waals surface area contributed by atoms with Crippen LogP contribution < -0.4 is 0 Å². The molecule has 22 heavy (non-hydrogen) atoms. The third-order valence-electron chi connectivity index (χ3n) is 3.55. The monoisotopic (exact) mass is 389 g/mol. The van der Waals surface area contributed by atoms with E-state index in [0.717, 1.165) is 19.3 Å². The van der Waals surface area contributed by atoms with Crippen LogP contribution in [0.3, 0.4) is 0 Å². The Bertz CT molecular complexity index is 426. The molecule has 1 nitrogen and oxygen atoms in total. The number of aromatic amines is 1. The number of hydrogen-bond donors (Lipinski definition) is 1. The summed E-state index contributed by atoms with van der Waals surface area (Å²) in [7, 11) is 0. The smallest absolute Gasteiger partial charge is 0.0181 e. The van der Waals surface area contributed by atoms with Gasteiger partial charge >= 0.3 is 0 Å². The topological polar surface area (TPSA) is 15.8 Å². The first kappa shape index (κ1) is 23.4. The van der Waals surface area contributed by atoms with Crippen LogP contribution >= 0.6 is 0 Å². The molecule has 1 heterocycles. The van der Waals surface area contributed by atoms with Crippen molar-refractivity contribution >= 4 is 0 Å². The third kappa shape index (κ3) is 7.94. The molecule has 0 spiro atoms. The summed E-state index contributed by atoms with van der Waals surface area (Å²) >= 11 is 0. The minimum Gasteiger partial charge on any atom is -0.362 e. The zero-order valence-electron chi connectivity index (χ0n) is 15.0. The van der Waals surface area contributed by atoms with Crippen LogP contribution in [0.1, 0.15) is 63.6 Å². The molecule has 0 aliphatic carbocycles. The molecule has 1 N–H and O–H groups in total. The van der Waals surface area contributed by atoms with Crippen LogP contribution in [0.2, 0.25) is 0 Å². The quantitative estimate of drug-likeness (QED) is 0.337. The number of allylic oxidation sites excluding steroid dienone is 5. The number of H-pyrrole nitrogens is 1. The Labute approximate surface area is 150 Å². The number of aryl methyl sites for hydroxylation is 2. The van der Waals surface area contributed by atoms with Gasteiger partial charge in [-0.05, 0) is 50.2 Å². The van der Waals surface area contributed by atoms with Gasteiger partial charge in [-0.2, -0.15) is 0 Å². The second kappa shape index (κ2) is 15.0. The summed E-state index contributed by atoms with van der Waals surface area (Å²) in [6.45, 7) is 14.5. The van der Waals surface area contributed by atoms with Gasteiger partial charge < -0.3 is 4.98 Å². The molecule has 2 heteroatoms. The molecular formula is C20H33NRu. The zero-order valence-corrected chi connectivity index (χ0v) is 16.7. The van der Waals surface area contributed by atoms with Gasteiger partial charge in [0.05, 0.1) is 0 Å². The van der Waals surface area contributed by atoms with Crippen molar-refractivity contribution in [2.24, 2.45) is 0 Å². The summed E-state index contributed by atoms with van der Waals surface area (Å²) in [6.07, 6.45) is 15.5. The Morgan fingerprint density at radius 1 is 0.864 bits per heavy atom. The zero-order chi connectivity index (χ0) is 16.1. The van der Waals surface area contributed by atoms with E-state index in [2.05, 4.69) is 45.3 Å². The molecule has 0 atom stereocenters. The van der Waals surface area contributed by atoms with Gasteiger partial charge in [-0.3, -0.25) is 0 Å². The van der Waals surface area contributed by atoms with Crippen molar-refractivity contribution in [1.82, 2.24) is 4.98 Å². The average molecular weight is 389 g/mol. The van der Waals surface area contributed by atoms with Crippen molar-refractivity contribution in [3.63, 3.8) is 0 Å². The summed E-state index contributed by atoms with van der Waals surface area (Å²) < 4.78 is 0. The van der Waals surface area contributed by atoms with Crippen LogP contribution in [0, 0.1) is 0 Å². The molecular weight excluding hydrogens is 355 g/mol. The summed E-state index contributed by atoms with van der Waals surface area (Å²) in [6, 6.07) is 0. The summed E-state index contributed by atoms with van der Waals surface area (Å²) in [5, 5.41) is 0. The Hall–Kier alpha value is -0.877. The first-order chi connectivity index (χ1) is 10.2. The standard InChI is InChI=1S/C12H21N.C8H12.Ru/c1-5-9-10(6-2)12(8-4)13-11(9)7-3;1-3-5-7-8-6-4-2;/h13H,5-8H2,1-4H3;3-4,6-8H,1,5H2,2H3;. The first-order valence-electron chi connectivity index (χ1n) is 8.29. The molecule has 1 rings (SSSR count). The molecule has 0 aliphatic rings. The first-order valence-corrected chi connectivity index (χ1v) is 8.29. The number of aromatic nitrogens is 1. The van der Waals surface area contributed by atoms with E-state index in [1.165, 1.54) is 24.2 Å².